The molecular formula is C28H28F3N5O. The molecule has 0 saturated carbocycles. The molecule has 2 aromatic carbocycles. The van der Waals surface area contributed by atoms with Gasteiger partial charge in [0.05, 0.1) is 16.8 Å². The number of amides is 2. The number of nitrogens with zero attached hydrogens (tertiary/aromatic N) is 4. The fourth-order valence-corrected chi connectivity index (χ4v) is 4.80. The van der Waals surface area contributed by atoms with E-state index < -0.39 is 11.7 Å². The van der Waals surface area contributed by atoms with Crippen LogP contribution in [0.5, 0.6) is 0 Å². The monoisotopic (exact) mass is 507 g/mol. The Morgan fingerprint density at radius 2 is 1.76 bits per heavy atom. The van der Waals surface area contributed by atoms with Crippen molar-refractivity contribution in [3.8, 4) is 11.3 Å². The van der Waals surface area contributed by atoms with Crippen LogP contribution in [0.2, 0.25) is 0 Å². The summed E-state index contributed by atoms with van der Waals surface area (Å²) >= 11 is 0. The highest BCUT2D eigenvalue weighted by Crippen LogP contribution is 2.34. The average Bonchev–Trinajstić information content (AvgIpc) is 3.28. The Morgan fingerprint density at radius 1 is 1.03 bits per heavy atom. The van der Waals surface area contributed by atoms with Gasteiger partial charge in [-0.3, -0.25) is 0 Å². The van der Waals surface area contributed by atoms with E-state index in [1.807, 2.05) is 72.1 Å². The molecule has 0 radical (unpaired) electrons. The highest BCUT2D eigenvalue weighted by molar-refractivity contribution is 5.89. The number of nitrogens with one attached hydrogen (secondary N) is 1. The third kappa shape index (κ3) is 5.12. The molecule has 9 heteroatoms. The Balaban J connectivity index is 1.38. The Morgan fingerprint density at radius 3 is 2.43 bits per heavy atom. The first-order valence-corrected chi connectivity index (χ1v) is 12.2. The molecule has 2 amide bonds. The van der Waals surface area contributed by atoms with Crippen molar-refractivity contribution in [3.63, 3.8) is 0 Å². The molecule has 1 saturated heterocycles. The number of aromatic nitrogens is 2. The number of imidazole rings is 1. The third-order valence-corrected chi connectivity index (χ3v) is 6.77. The molecule has 0 bridgehead atoms. The fourth-order valence-electron chi connectivity index (χ4n) is 4.80. The van der Waals surface area contributed by atoms with Crippen molar-refractivity contribution in [1.82, 2.24) is 14.3 Å². The summed E-state index contributed by atoms with van der Waals surface area (Å²) in [6, 6.07) is 18.3. The van der Waals surface area contributed by atoms with Gasteiger partial charge in [-0.25, -0.2) is 9.78 Å². The van der Waals surface area contributed by atoms with Gasteiger partial charge >= 0.3 is 12.2 Å². The predicted octanol–water partition coefficient (Wildman–Crippen LogP) is 6.50. The fraction of sp³-hybridized carbons (Fsp3) is 0.286. The van der Waals surface area contributed by atoms with Gasteiger partial charge in [0.15, 0.2) is 0 Å². The molecule has 4 aromatic rings. The molecule has 1 aliphatic rings. The average molecular weight is 508 g/mol. The molecule has 6 nitrogen and oxygen atoms in total. The van der Waals surface area contributed by atoms with Crippen LogP contribution in [0.1, 0.15) is 30.1 Å². The van der Waals surface area contributed by atoms with Crippen molar-refractivity contribution in [2.45, 2.75) is 24.9 Å². The maximum Gasteiger partial charge on any atom is 0.416 e. The van der Waals surface area contributed by atoms with Crippen molar-refractivity contribution in [2.75, 3.05) is 37.4 Å². The Hall–Kier alpha value is -4.01. The van der Waals surface area contributed by atoms with Gasteiger partial charge in [0.2, 0.25) is 0 Å². The minimum Gasteiger partial charge on any atom is -0.378 e. The van der Waals surface area contributed by atoms with Crippen LogP contribution in [0.4, 0.5) is 29.3 Å². The van der Waals surface area contributed by atoms with Crippen LogP contribution < -0.4 is 10.2 Å². The van der Waals surface area contributed by atoms with Crippen molar-refractivity contribution in [3.05, 3.63) is 84.3 Å². The van der Waals surface area contributed by atoms with Gasteiger partial charge in [0, 0.05) is 56.2 Å². The number of likely N-dealkylation sites (tertiary alicyclic amines) is 1. The van der Waals surface area contributed by atoms with Crippen LogP contribution in [0, 0.1) is 0 Å². The number of hydrogen-bond donors (Lipinski definition) is 1. The van der Waals surface area contributed by atoms with E-state index in [2.05, 4.69) is 5.32 Å². The van der Waals surface area contributed by atoms with E-state index in [1.54, 1.807) is 4.90 Å². The second kappa shape index (κ2) is 9.80. The number of hydrogen-bond acceptors (Lipinski definition) is 3. The standard InChI is InChI=1S/C28H28F3N5O/c1-34(2)23-14-12-22(13-15-23)32-27(37)35-16-5-6-20(18-35)26-33-25(24-7-3-4-17-36(24)26)19-8-10-21(11-9-19)28(29,30)31/h3-4,7-15,17,20H,5-6,16,18H2,1-2H3,(H,32,37)/t20-/m1/s1. The van der Waals surface area contributed by atoms with Crippen molar-refractivity contribution in [2.24, 2.45) is 0 Å². The summed E-state index contributed by atoms with van der Waals surface area (Å²) in [5.41, 5.74) is 3.16. The number of alkyl halides is 3. The van der Waals surface area contributed by atoms with Gasteiger partial charge < -0.3 is 19.5 Å². The highest BCUT2D eigenvalue weighted by Gasteiger charge is 2.31. The molecular weight excluding hydrogens is 479 g/mol. The molecule has 2 aromatic heterocycles. The van der Waals surface area contributed by atoms with E-state index in [0.29, 0.717) is 24.3 Å². The number of urea groups is 1. The SMILES string of the molecule is CN(C)c1ccc(NC(=O)N2CCC[C@@H](c3nc(-c4ccc(C(F)(F)F)cc4)c4ccccn34)C2)cc1. The second-order valence-corrected chi connectivity index (χ2v) is 9.51. The summed E-state index contributed by atoms with van der Waals surface area (Å²) in [5.74, 6) is 0.798. The smallest absolute Gasteiger partial charge is 0.378 e. The number of fused-ring (bicyclic) bond motifs is 1. The lowest BCUT2D eigenvalue weighted by molar-refractivity contribution is -0.137. The van der Waals surface area contributed by atoms with Gasteiger partial charge in [-0.15, -0.1) is 0 Å². The molecule has 1 fully saturated rings. The van der Waals surface area contributed by atoms with Crippen molar-refractivity contribution in [1.29, 1.82) is 0 Å². The summed E-state index contributed by atoms with van der Waals surface area (Å²) in [6.45, 7) is 1.15. The number of rotatable bonds is 4. The molecule has 0 aliphatic carbocycles. The second-order valence-electron chi connectivity index (χ2n) is 9.51. The number of anilines is 2. The van der Waals surface area contributed by atoms with E-state index in [-0.39, 0.29) is 11.9 Å². The molecule has 37 heavy (non-hydrogen) atoms. The zero-order chi connectivity index (χ0) is 26.2. The summed E-state index contributed by atoms with van der Waals surface area (Å²) in [4.78, 5) is 21.7. The first-order chi connectivity index (χ1) is 17.7. The number of benzene rings is 2. The lowest BCUT2D eigenvalue weighted by atomic mass is 9.97. The van der Waals surface area contributed by atoms with Crippen LogP contribution >= 0.6 is 0 Å². The maximum atomic E-state index is 13.1. The van der Waals surface area contributed by atoms with Gasteiger partial charge in [-0.1, -0.05) is 18.2 Å². The van der Waals surface area contributed by atoms with E-state index in [0.717, 1.165) is 47.7 Å². The van der Waals surface area contributed by atoms with Gasteiger partial charge in [-0.05, 0) is 61.4 Å². The third-order valence-electron chi connectivity index (χ3n) is 6.77. The quantitative estimate of drug-likeness (QED) is 0.343. The van der Waals surface area contributed by atoms with Crippen LogP contribution in [0.15, 0.2) is 72.9 Å². The Bertz CT molecular complexity index is 1390. The molecule has 0 spiro atoms. The summed E-state index contributed by atoms with van der Waals surface area (Å²) < 4.78 is 41.1. The zero-order valence-electron chi connectivity index (χ0n) is 20.7. The van der Waals surface area contributed by atoms with Crippen LogP contribution in [-0.4, -0.2) is 47.5 Å². The molecule has 3 heterocycles. The maximum absolute atomic E-state index is 13.1. The Labute approximate surface area is 213 Å². The summed E-state index contributed by atoms with van der Waals surface area (Å²) in [5, 5.41) is 2.98. The number of carbonyl (C=O) groups excluding carboxylic acids is 1. The molecule has 192 valence electrons. The van der Waals surface area contributed by atoms with E-state index in [4.69, 9.17) is 4.98 Å². The van der Waals surface area contributed by atoms with Gasteiger partial charge in [0.25, 0.3) is 0 Å². The molecule has 0 unspecified atom stereocenters. The lowest BCUT2D eigenvalue weighted by Crippen LogP contribution is -2.42. The van der Waals surface area contributed by atoms with E-state index in [9.17, 15) is 18.0 Å². The predicted molar refractivity (Wildman–Crippen MR) is 139 cm³/mol. The summed E-state index contributed by atoms with van der Waals surface area (Å²) in [6.07, 6.45) is -0.784. The van der Waals surface area contributed by atoms with Crippen LogP contribution in [-0.2, 0) is 6.18 Å². The van der Waals surface area contributed by atoms with E-state index >= 15 is 0 Å². The zero-order valence-corrected chi connectivity index (χ0v) is 20.7. The van der Waals surface area contributed by atoms with Gasteiger partial charge in [0.1, 0.15) is 5.82 Å². The first-order valence-electron chi connectivity index (χ1n) is 12.2. The van der Waals surface area contributed by atoms with Gasteiger partial charge in [-0.2, -0.15) is 13.2 Å². The number of halogens is 3. The number of piperidine rings is 1. The van der Waals surface area contributed by atoms with Crippen LogP contribution in [0.25, 0.3) is 16.8 Å². The lowest BCUT2D eigenvalue weighted by Gasteiger charge is -2.32. The minimum atomic E-state index is -4.39. The normalized spacial score (nSPS) is 16.1. The molecule has 5 rings (SSSR count). The van der Waals surface area contributed by atoms with Crippen molar-refractivity contribution < 1.29 is 18.0 Å². The highest BCUT2D eigenvalue weighted by atomic mass is 19.4. The number of pyridine rings is 1. The molecule has 1 aliphatic heterocycles. The molecule has 1 N–H and O–H groups in total. The largest absolute Gasteiger partial charge is 0.416 e. The molecule has 1 atom stereocenters. The number of carbonyl (C=O) groups is 1. The first kappa shape index (κ1) is 24.7. The van der Waals surface area contributed by atoms with Crippen molar-refractivity contribution >= 4 is 22.9 Å². The van der Waals surface area contributed by atoms with Crippen LogP contribution in [0.3, 0.4) is 0 Å². The Kier molecular flexibility index (Phi) is 6.54. The minimum absolute atomic E-state index is 0.00582. The summed E-state index contributed by atoms with van der Waals surface area (Å²) in [7, 11) is 3.92. The van der Waals surface area contributed by atoms with E-state index in [1.165, 1.54) is 12.1 Å². The topological polar surface area (TPSA) is 52.9 Å².